The highest BCUT2D eigenvalue weighted by molar-refractivity contribution is 7.92. The lowest BCUT2D eigenvalue weighted by Gasteiger charge is -2.22. The normalized spacial score (nSPS) is 11.2. The summed E-state index contributed by atoms with van der Waals surface area (Å²) in [5.74, 6) is 0.254. The third kappa shape index (κ3) is 5.62. The molecule has 0 radical (unpaired) electrons. The summed E-state index contributed by atoms with van der Waals surface area (Å²) >= 11 is 6.09. The fourth-order valence-corrected chi connectivity index (χ4v) is 3.99. The molecule has 3 aromatic rings. The van der Waals surface area contributed by atoms with Crippen molar-refractivity contribution in [2.45, 2.75) is 0 Å². The standard InChI is InChI=1S/C21H21ClN2O4S/c1-29(26,27)24(20-9-5-4-8-19(20)22)15-21(25)23-12-13-28-18-11-10-16-6-2-3-7-17(16)14-18/h2-11,14H,12-13,15H2,1H3,(H,23,25). The summed E-state index contributed by atoms with van der Waals surface area (Å²) in [5.41, 5.74) is 0.263. The molecule has 29 heavy (non-hydrogen) atoms. The van der Waals surface area contributed by atoms with Crippen molar-refractivity contribution in [3.63, 3.8) is 0 Å². The van der Waals surface area contributed by atoms with Crippen molar-refractivity contribution in [3.05, 3.63) is 71.8 Å². The summed E-state index contributed by atoms with van der Waals surface area (Å²) in [4.78, 5) is 12.3. The van der Waals surface area contributed by atoms with Crippen LogP contribution in [0.2, 0.25) is 5.02 Å². The highest BCUT2D eigenvalue weighted by Gasteiger charge is 2.22. The minimum atomic E-state index is -3.67. The van der Waals surface area contributed by atoms with Crippen molar-refractivity contribution in [1.82, 2.24) is 5.32 Å². The first kappa shape index (κ1) is 21.0. The van der Waals surface area contributed by atoms with Crippen LogP contribution in [-0.4, -0.2) is 40.3 Å². The maximum atomic E-state index is 12.3. The molecule has 3 rings (SSSR count). The topological polar surface area (TPSA) is 75.7 Å². The Morgan fingerprint density at radius 3 is 2.45 bits per heavy atom. The van der Waals surface area contributed by atoms with Gasteiger partial charge >= 0.3 is 0 Å². The first-order valence-corrected chi connectivity index (χ1v) is 11.2. The molecule has 0 aromatic heterocycles. The van der Waals surface area contributed by atoms with Gasteiger partial charge in [-0.15, -0.1) is 0 Å². The molecule has 8 heteroatoms. The number of ether oxygens (including phenoxy) is 1. The fraction of sp³-hybridized carbons (Fsp3) is 0.190. The van der Waals surface area contributed by atoms with E-state index in [-0.39, 0.29) is 30.4 Å². The maximum absolute atomic E-state index is 12.3. The lowest BCUT2D eigenvalue weighted by Crippen LogP contribution is -2.41. The molecule has 0 saturated carbocycles. The summed E-state index contributed by atoms with van der Waals surface area (Å²) in [5, 5.41) is 5.11. The molecule has 3 aromatic carbocycles. The first-order chi connectivity index (χ1) is 13.8. The Morgan fingerprint density at radius 2 is 1.72 bits per heavy atom. The number of carbonyl (C=O) groups is 1. The molecular formula is C21H21ClN2O4S. The summed E-state index contributed by atoms with van der Waals surface area (Å²) in [6, 6.07) is 20.2. The zero-order valence-electron chi connectivity index (χ0n) is 15.8. The van der Waals surface area contributed by atoms with E-state index in [4.69, 9.17) is 16.3 Å². The van der Waals surface area contributed by atoms with Crippen molar-refractivity contribution < 1.29 is 17.9 Å². The van der Waals surface area contributed by atoms with Gasteiger partial charge in [0.1, 0.15) is 18.9 Å². The molecule has 152 valence electrons. The van der Waals surface area contributed by atoms with Crippen LogP contribution < -0.4 is 14.4 Å². The second kappa shape index (κ2) is 9.15. The molecule has 0 aliphatic heterocycles. The number of halogens is 1. The Morgan fingerprint density at radius 1 is 1.03 bits per heavy atom. The molecule has 1 amide bonds. The predicted octanol–water partition coefficient (Wildman–Crippen LogP) is 3.45. The van der Waals surface area contributed by atoms with Crippen LogP contribution >= 0.6 is 11.6 Å². The van der Waals surface area contributed by atoms with Crippen LogP contribution in [0.3, 0.4) is 0 Å². The molecule has 0 aliphatic rings. The molecule has 0 spiro atoms. The van der Waals surface area contributed by atoms with Gasteiger partial charge in [0.25, 0.3) is 0 Å². The van der Waals surface area contributed by atoms with E-state index in [1.54, 1.807) is 24.3 Å². The number of benzene rings is 3. The zero-order valence-corrected chi connectivity index (χ0v) is 17.4. The van der Waals surface area contributed by atoms with Crippen molar-refractivity contribution >= 4 is 44.0 Å². The molecule has 0 bridgehead atoms. The van der Waals surface area contributed by atoms with Crippen LogP contribution in [0.4, 0.5) is 5.69 Å². The Kier molecular flexibility index (Phi) is 6.61. The smallest absolute Gasteiger partial charge is 0.240 e. The lowest BCUT2D eigenvalue weighted by molar-refractivity contribution is -0.119. The molecule has 6 nitrogen and oxygen atoms in total. The van der Waals surface area contributed by atoms with E-state index in [1.165, 1.54) is 0 Å². The Bertz CT molecular complexity index is 1120. The van der Waals surface area contributed by atoms with Gasteiger partial charge in [0, 0.05) is 0 Å². The van der Waals surface area contributed by atoms with Crippen molar-refractivity contribution in [2.24, 2.45) is 0 Å². The molecule has 0 fully saturated rings. The molecule has 0 atom stereocenters. The number of anilines is 1. The fourth-order valence-electron chi connectivity index (χ4n) is 2.84. The number of hydrogen-bond acceptors (Lipinski definition) is 4. The maximum Gasteiger partial charge on any atom is 0.240 e. The average Bonchev–Trinajstić information content (AvgIpc) is 2.69. The van der Waals surface area contributed by atoms with Gasteiger partial charge in [0.05, 0.1) is 23.5 Å². The lowest BCUT2D eigenvalue weighted by atomic mass is 10.1. The second-order valence-corrected chi connectivity index (χ2v) is 8.74. The van der Waals surface area contributed by atoms with Crippen LogP contribution in [0.25, 0.3) is 10.8 Å². The van der Waals surface area contributed by atoms with E-state index in [9.17, 15) is 13.2 Å². The Labute approximate surface area is 175 Å². The van der Waals surface area contributed by atoms with Crippen molar-refractivity contribution in [3.8, 4) is 5.75 Å². The number of para-hydroxylation sites is 1. The summed E-state index contributed by atoms with van der Waals surface area (Å²) < 4.78 is 30.9. The van der Waals surface area contributed by atoms with Gasteiger partial charge in [-0.3, -0.25) is 9.10 Å². The van der Waals surface area contributed by atoms with Gasteiger partial charge in [-0.05, 0) is 35.0 Å². The first-order valence-electron chi connectivity index (χ1n) is 8.95. The number of nitrogens with one attached hydrogen (secondary N) is 1. The van der Waals surface area contributed by atoms with Crippen LogP contribution in [0.5, 0.6) is 5.75 Å². The Balaban J connectivity index is 1.54. The van der Waals surface area contributed by atoms with Gasteiger partial charge in [-0.2, -0.15) is 0 Å². The number of amides is 1. The molecule has 0 aliphatic carbocycles. The highest BCUT2D eigenvalue weighted by Crippen LogP contribution is 2.26. The predicted molar refractivity (Wildman–Crippen MR) is 116 cm³/mol. The average molecular weight is 433 g/mol. The van der Waals surface area contributed by atoms with Crippen LogP contribution in [0, 0.1) is 0 Å². The van der Waals surface area contributed by atoms with Gasteiger partial charge in [-0.25, -0.2) is 8.42 Å². The quantitative estimate of drug-likeness (QED) is 0.553. The van der Waals surface area contributed by atoms with E-state index in [1.807, 2.05) is 42.5 Å². The van der Waals surface area contributed by atoms with E-state index in [0.29, 0.717) is 5.75 Å². The number of rotatable bonds is 8. The highest BCUT2D eigenvalue weighted by atomic mass is 35.5. The third-order valence-corrected chi connectivity index (χ3v) is 5.67. The van der Waals surface area contributed by atoms with Gasteiger partial charge in [0.2, 0.25) is 15.9 Å². The van der Waals surface area contributed by atoms with E-state index in [2.05, 4.69) is 5.32 Å². The van der Waals surface area contributed by atoms with Gasteiger partial charge < -0.3 is 10.1 Å². The van der Waals surface area contributed by atoms with Crippen LogP contribution in [-0.2, 0) is 14.8 Å². The van der Waals surface area contributed by atoms with E-state index < -0.39 is 15.9 Å². The van der Waals surface area contributed by atoms with Gasteiger partial charge in [0.15, 0.2) is 0 Å². The number of carbonyl (C=O) groups excluding carboxylic acids is 1. The van der Waals surface area contributed by atoms with Gasteiger partial charge in [-0.1, -0.05) is 54.1 Å². The molecule has 0 saturated heterocycles. The minimum Gasteiger partial charge on any atom is -0.492 e. The Hall–Kier alpha value is -2.77. The molecular weight excluding hydrogens is 412 g/mol. The number of sulfonamides is 1. The van der Waals surface area contributed by atoms with E-state index in [0.717, 1.165) is 21.3 Å². The third-order valence-electron chi connectivity index (χ3n) is 4.22. The van der Waals surface area contributed by atoms with Crippen molar-refractivity contribution in [1.29, 1.82) is 0 Å². The van der Waals surface area contributed by atoms with E-state index >= 15 is 0 Å². The largest absolute Gasteiger partial charge is 0.492 e. The summed E-state index contributed by atoms with van der Waals surface area (Å²) in [6.07, 6.45) is 1.03. The molecule has 0 heterocycles. The van der Waals surface area contributed by atoms with Crippen LogP contribution in [0.15, 0.2) is 66.7 Å². The van der Waals surface area contributed by atoms with Crippen molar-refractivity contribution in [2.75, 3.05) is 30.3 Å². The monoisotopic (exact) mass is 432 g/mol. The second-order valence-electron chi connectivity index (χ2n) is 6.43. The number of fused-ring (bicyclic) bond motifs is 1. The summed E-state index contributed by atoms with van der Waals surface area (Å²) in [7, 11) is -3.67. The zero-order chi connectivity index (χ0) is 20.9. The molecule has 1 N–H and O–H groups in total. The summed E-state index contributed by atoms with van der Waals surface area (Å²) in [6.45, 7) is 0.138. The molecule has 0 unspecified atom stereocenters. The minimum absolute atomic E-state index is 0.242. The SMILES string of the molecule is CS(=O)(=O)N(CC(=O)NCCOc1ccc2ccccc2c1)c1ccccc1Cl. The number of nitrogens with zero attached hydrogens (tertiary/aromatic N) is 1. The van der Waals surface area contributed by atoms with Crippen LogP contribution in [0.1, 0.15) is 0 Å². The number of hydrogen-bond donors (Lipinski definition) is 1.